The van der Waals surface area contributed by atoms with Crippen LogP contribution in [0.4, 0.5) is 58.7 Å². The second-order valence-electron chi connectivity index (χ2n) is 26.0. The van der Waals surface area contributed by atoms with Crippen molar-refractivity contribution in [3.63, 3.8) is 0 Å². The fourth-order valence-corrected chi connectivity index (χ4v) is 16.7. The number of anilines is 5. The van der Waals surface area contributed by atoms with E-state index in [1.54, 1.807) is 41.4 Å². The van der Waals surface area contributed by atoms with E-state index in [4.69, 9.17) is 0 Å². The van der Waals surface area contributed by atoms with Gasteiger partial charge in [0.25, 0.3) is 34.8 Å². The molecule has 3 aliphatic rings. The number of nitro groups is 3. The molecule has 6 heterocycles. The lowest BCUT2D eigenvalue weighted by Crippen LogP contribution is -2.44. The summed E-state index contributed by atoms with van der Waals surface area (Å²) in [4.78, 5) is 118. The number of thiophene rings is 3. The van der Waals surface area contributed by atoms with Crippen molar-refractivity contribution < 1.29 is 68.8 Å². The zero-order valence-electron chi connectivity index (χ0n) is 56.9. The van der Waals surface area contributed by atoms with E-state index < -0.39 is 56.3 Å². The zero-order valence-corrected chi connectivity index (χ0v) is 61.8. The molecule has 36 heteroatoms. The molecule has 30 nitrogen and oxygen atoms in total. The van der Waals surface area contributed by atoms with Crippen LogP contribution in [0.15, 0.2) is 96.0 Å². The Morgan fingerprint density at radius 2 is 0.870 bits per heavy atom. The Morgan fingerprint density at radius 3 is 1.26 bits per heavy atom. The summed E-state index contributed by atoms with van der Waals surface area (Å²) in [5.41, 5.74) is 1.05. The van der Waals surface area contributed by atoms with Crippen LogP contribution in [0.25, 0.3) is 0 Å². The summed E-state index contributed by atoms with van der Waals surface area (Å²) in [6.45, 7) is 24.1. The van der Waals surface area contributed by atoms with Crippen LogP contribution in [0.3, 0.4) is 0 Å². The third kappa shape index (κ3) is 22.5. The van der Waals surface area contributed by atoms with Crippen LogP contribution in [0, 0.1) is 30.3 Å². The second-order valence-corrected chi connectivity index (χ2v) is 36.0. The van der Waals surface area contributed by atoms with E-state index in [1.165, 1.54) is 110 Å². The van der Waals surface area contributed by atoms with E-state index in [9.17, 15) is 84.4 Å². The van der Waals surface area contributed by atoms with Gasteiger partial charge in [-0.1, -0.05) is 80.5 Å². The van der Waals surface area contributed by atoms with E-state index in [-0.39, 0.29) is 154 Å². The Balaban J connectivity index is 0.000000222. The highest BCUT2D eigenvalue weighted by atomic mass is 32.2. The molecule has 9 rings (SSSR count). The van der Waals surface area contributed by atoms with Crippen molar-refractivity contribution in [3.8, 4) is 0 Å². The number of carbonyl (C=O) groups excluding carboxylic acids is 6. The third-order valence-corrected chi connectivity index (χ3v) is 24.6. The smallest absolute Gasteiger partial charge is 0.326 e. The van der Waals surface area contributed by atoms with Crippen molar-refractivity contribution in [2.24, 2.45) is 4.99 Å². The van der Waals surface area contributed by atoms with Gasteiger partial charge < -0.3 is 30.7 Å². The molecule has 0 unspecified atom stereocenters. The SMILES string of the molecule is CC(C)(C)c1cc(C(=O)N2CCS(=O)(=O)CC2)c(NC(=O)Nc2cccc([N+](=O)[O-])c2)s1.CCN(C(=O)Nc1cccc([N+](=O)[O-])c1)c1sc(C(C)(C)C)cc1C(=O)N1CCS(=O)(=O)CC1.CCNc1sc(C(C)(C)C)cc1C(=O)N1CCS(=O)(=O)CC1.O=C=Nc1cccc([N+](=O)[O-])c1. The lowest BCUT2D eigenvalue weighted by Gasteiger charge is -2.28. The second kappa shape index (κ2) is 33.4. The molecule has 540 valence electrons. The lowest BCUT2D eigenvalue weighted by molar-refractivity contribution is -0.385. The Bertz CT molecular complexity index is 4410. The minimum atomic E-state index is -3.15. The standard InChI is InChI=1S/C22H28N4O6S2.C20H24N4O6S2.C15H24N2O3S2.C7H4N2O3/c1-5-25(21(28)23-15-7-6-8-16(13-15)26(29)30)20-17(14-18(33-20)22(2,3)4)19(27)24-9-11-34(31,32)12-10-24;1-20(2,3)16-12-15(18(25)23-7-9-32(29,30)10-8-23)17(31-16)22-19(26)21-13-5-4-6-14(11-13)24(27)28;1-5-16-13-11(10-12(21-13)15(2,3)4)14(18)17-6-8-22(19,20)9-7-17;10-5-8-6-2-1-3-7(4-6)9(11)12/h6-8,13-14H,5,9-12H2,1-4H3,(H,23,28);4-6,11-12H,7-10H2,1-3H3,(H2,21,22,26);10,16H,5-9H2,1-4H3;1-4H. The van der Waals surface area contributed by atoms with Crippen LogP contribution in [0.1, 0.15) is 122 Å². The number of hydrogen-bond acceptors (Lipinski definition) is 23. The molecule has 0 atom stereocenters. The van der Waals surface area contributed by atoms with Crippen LogP contribution >= 0.6 is 34.0 Å². The van der Waals surface area contributed by atoms with E-state index in [0.717, 1.165) is 26.2 Å². The average Bonchev–Trinajstić information content (AvgIpc) is 1.63. The molecule has 0 bridgehead atoms. The first-order chi connectivity index (χ1) is 46.5. The fraction of sp³-hybridized carbons (Fsp3) is 0.438. The fourth-order valence-electron chi connectivity index (χ4n) is 9.55. The maximum absolute atomic E-state index is 13.4. The molecule has 3 fully saturated rings. The first kappa shape index (κ1) is 79.9. The topological polar surface area (TPSA) is 408 Å². The Labute approximate surface area is 591 Å². The number of rotatable bonds is 14. The summed E-state index contributed by atoms with van der Waals surface area (Å²) in [5.74, 6) is -0.981. The number of hydrogen-bond donors (Lipinski definition) is 4. The first-order valence-electron chi connectivity index (χ1n) is 31.2. The number of amides is 7. The van der Waals surface area contributed by atoms with E-state index in [1.807, 2.05) is 54.5 Å². The highest BCUT2D eigenvalue weighted by molar-refractivity contribution is 7.92. The molecule has 3 saturated heterocycles. The van der Waals surface area contributed by atoms with Gasteiger partial charge in [0.05, 0.1) is 71.7 Å². The van der Waals surface area contributed by atoms with Crippen LogP contribution in [0.2, 0.25) is 0 Å². The first-order valence-corrected chi connectivity index (χ1v) is 39.1. The van der Waals surface area contributed by atoms with Gasteiger partial charge in [-0.15, -0.1) is 34.0 Å². The number of isocyanates is 1. The predicted octanol–water partition coefficient (Wildman–Crippen LogP) is 11.3. The molecule has 3 aliphatic heterocycles. The molecule has 0 saturated carbocycles. The number of non-ortho nitro benzene ring substituents is 3. The summed E-state index contributed by atoms with van der Waals surface area (Å²) in [7, 11) is -9.27. The van der Waals surface area contributed by atoms with Crippen molar-refractivity contribution in [1.82, 2.24) is 14.7 Å². The lowest BCUT2D eigenvalue weighted by atomic mass is 9.94. The molecule has 4 N–H and O–H groups in total. The van der Waals surface area contributed by atoms with Crippen LogP contribution in [0.5, 0.6) is 0 Å². The van der Waals surface area contributed by atoms with Crippen LogP contribution < -0.4 is 26.2 Å². The van der Waals surface area contributed by atoms with Gasteiger partial charge in [-0.2, -0.15) is 4.99 Å². The summed E-state index contributed by atoms with van der Waals surface area (Å²) in [6.07, 6.45) is 1.30. The van der Waals surface area contributed by atoms with Gasteiger partial charge in [0.2, 0.25) is 6.08 Å². The number of nitrogens with zero attached hydrogens (tertiary/aromatic N) is 8. The molecule has 3 aromatic heterocycles. The van der Waals surface area contributed by atoms with Gasteiger partial charge in [-0.05, 0) is 66.5 Å². The van der Waals surface area contributed by atoms with Gasteiger partial charge in [0.1, 0.15) is 15.0 Å². The molecular weight excluding hydrogens is 1420 g/mol. The largest absolute Gasteiger partial charge is 0.377 e. The van der Waals surface area contributed by atoms with E-state index in [0.29, 0.717) is 21.1 Å². The third-order valence-electron chi connectivity index (χ3n) is 15.2. The normalized spacial score (nSPS) is 15.4. The van der Waals surface area contributed by atoms with Crippen LogP contribution in [-0.4, -0.2) is 177 Å². The van der Waals surface area contributed by atoms with Crippen molar-refractivity contribution in [1.29, 1.82) is 0 Å². The molecule has 6 aromatic rings. The maximum Gasteiger partial charge on any atom is 0.326 e. The van der Waals surface area contributed by atoms with E-state index >= 15 is 0 Å². The molecule has 0 aliphatic carbocycles. The quantitative estimate of drug-likeness (QED) is 0.0340. The molecule has 0 radical (unpaired) electrons. The van der Waals surface area contributed by atoms with Crippen molar-refractivity contribution in [2.75, 3.05) is 113 Å². The number of nitro benzene ring substituents is 3. The predicted molar refractivity (Wildman–Crippen MR) is 389 cm³/mol. The van der Waals surface area contributed by atoms with Crippen molar-refractivity contribution in [2.45, 2.75) is 92.4 Å². The molecule has 7 amide bonds. The van der Waals surface area contributed by atoms with E-state index in [2.05, 4.69) is 47.0 Å². The number of sulfone groups is 3. The van der Waals surface area contributed by atoms with Gasteiger partial charge in [-0.3, -0.25) is 54.9 Å². The van der Waals surface area contributed by atoms with Gasteiger partial charge in [0.15, 0.2) is 29.5 Å². The van der Waals surface area contributed by atoms with Crippen molar-refractivity contribution >= 4 is 149 Å². The number of urea groups is 2. The summed E-state index contributed by atoms with van der Waals surface area (Å²) < 4.78 is 70.0. The summed E-state index contributed by atoms with van der Waals surface area (Å²) in [5, 5.41) is 45.0. The van der Waals surface area contributed by atoms with Gasteiger partial charge in [0, 0.05) is 115 Å². The number of benzene rings is 3. The minimum Gasteiger partial charge on any atom is -0.377 e. The molecular formula is C64H80N12O18S6. The Hall–Kier alpha value is -9.06. The number of aliphatic imine (C=N–C) groups is 1. The Kier molecular flexibility index (Phi) is 26.7. The number of carbonyl (C=O) groups is 5. The average molecular weight is 1500 g/mol. The minimum absolute atomic E-state index is 0.0153. The highest BCUT2D eigenvalue weighted by Gasteiger charge is 2.35. The monoisotopic (exact) mass is 1500 g/mol. The Morgan fingerprint density at radius 1 is 0.510 bits per heavy atom. The zero-order chi connectivity index (χ0) is 74.5. The van der Waals surface area contributed by atoms with Crippen molar-refractivity contribution in [3.05, 3.63) is 153 Å². The summed E-state index contributed by atoms with van der Waals surface area (Å²) in [6, 6.07) is 20.9. The molecule has 3 aromatic carbocycles. The summed E-state index contributed by atoms with van der Waals surface area (Å²) >= 11 is 4.20. The molecule has 0 spiro atoms. The van der Waals surface area contributed by atoms with Crippen LogP contribution in [-0.2, 0) is 50.6 Å². The van der Waals surface area contributed by atoms with Gasteiger partial charge in [-0.25, -0.2) is 39.6 Å². The highest BCUT2D eigenvalue weighted by Crippen LogP contribution is 2.41. The number of nitrogens with one attached hydrogen (secondary N) is 4. The molecule has 100 heavy (non-hydrogen) atoms. The van der Waals surface area contributed by atoms with Gasteiger partial charge >= 0.3 is 12.1 Å². The maximum atomic E-state index is 13.4.